The summed E-state index contributed by atoms with van der Waals surface area (Å²) >= 11 is 0. The molecule has 3 aliphatic rings. The van der Waals surface area contributed by atoms with Gasteiger partial charge >= 0.3 is 0 Å². The van der Waals surface area contributed by atoms with E-state index in [0.717, 1.165) is 0 Å². The summed E-state index contributed by atoms with van der Waals surface area (Å²) in [7, 11) is 0. The Hall–Kier alpha value is -0.520. The van der Waals surface area contributed by atoms with Crippen LogP contribution < -0.4 is 0 Å². The van der Waals surface area contributed by atoms with Crippen molar-refractivity contribution in [3.05, 3.63) is 0 Å². The van der Waals surface area contributed by atoms with Gasteiger partial charge in [0.05, 0.1) is 19.8 Å². The van der Waals surface area contributed by atoms with Gasteiger partial charge in [-0.05, 0) is 0 Å². The van der Waals surface area contributed by atoms with E-state index in [4.69, 9.17) is 23.7 Å². The fourth-order valence-electron chi connectivity index (χ4n) is 3.16. The number of aliphatic hydroxyl groups is 8. The van der Waals surface area contributed by atoms with E-state index >= 15 is 0 Å². The Morgan fingerprint density at radius 3 is 1.79 bits per heavy atom. The van der Waals surface area contributed by atoms with Crippen LogP contribution in [-0.2, 0) is 23.7 Å². The molecule has 0 bridgehead atoms. The maximum atomic E-state index is 10.3. The minimum atomic E-state index is -1.69. The summed E-state index contributed by atoms with van der Waals surface area (Å²) in [6.07, 6.45) is -17.6. The molecule has 28 heavy (non-hydrogen) atoms. The zero-order chi connectivity index (χ0) is 20.6. The average molecular weight is 414 g/mol. The molecule has 8 N–H and O–H groups in total. The van der Waals surface area contributed by atoms with E-state index in [9.17, 15) is 40.9 Å². The Bertz CT molecular complexity index is 508. The molecule has 0 radical (unpaired) electrons. The molecule has 3 fully saturated rings. The molecule has 0 amide bonds. The molecule has 13 heteroatoms. The molecule has 0 spiro atoms. The van der Waals surface area contributed by atoms with Crippen molar-refractivity contribution in [3.63, 3.8) is 0 Å². The molecule has 3 saturated heterocycles. The first kappa shape index (κ1) is 22.2. The number of aliphatic hydroxyl groups excluding tert-OH is 8. The Balaban J connectivity index is 1.57. The van der Waals surface area contributed by atoms with Crippen LogP contribution in [-0.4, -0.2) is 134 Å². The minimum absolute atomic E-state index is 0.305. The highest BCUT2D eigenvalue weighted by atomic mass is 16.7. The van der Waals surface area contributed by atoms with E-state index in [1.54, 1.807) is 0 Å². The van der Waals surface area contributed by atoms with Gasteiger partial charge in [-0.1, -0.05) is 0 Å². The maximum Gasteiger partial charge on any atom is 0.186 e. The summed E-state index contributed by atoms with van der Waals surface area (Å²) in [6, 6.07) is 0. The van der Waals surface area contributed by atoms with Crippen LogP contribution >= 0.6 is 0 Å². The molecule has 0 aromatic carbocycles. The summed E-state index contributed by atoms with van der Waals surface area (Å²) in [5.74, 6) is 0. The molecule has 0 aliphatic carbocycles. The van der Waals surface area contributed by atoms with Crippen molar-refractivity contribution in [2.75, 3.05) is 19.8 Å². The van der Waals surface area contributed by atoms with Crippen LogP contribution in [0.25, 0.3) is 0 Å². The highest BCUT2D eigenvalue weighted by Gasteiger charge is 2.48. The van der Waals surface area contributed by atoms with Crippen LogP contribution in [0, 0.1) is 0 Å². The Morgan fingerprint density at radius 2 is 1.07 bits per heavy atom. The first-order chi connectivity index (χ1) is 13.2. The van der Waals surface area contributed by atoms with Gasteiger partial charge in [-0.25, -0.2) is 0 Å². The molecule has 3 rings (SSSR count). The molecule has 3 aliphatic heterocycles. The lowest BCUT2D eigenvalue weighted by molar-refractivity contribution is -0.354. The van der Waals surface area contributed by atoms with Gasteiger partial charge in [0.25, 0.3) is 0 Å². The fraction of sp³-hybridized carbons (Fsp3) is 1.00. The lowest BCUT2D eigenvalue weighted by Crippen LogP contribution is -2.62. The lowest BCUT2D eigenvalue weighted by Gasteiger charge is -2.43. The van der Waals surface area contributed by atoms with Crippen molar-refractivity contribution in [2.24, 2.45) is 0 Å². The average Bonchev–Trinajstić information content (AvgIpc) is 2.67. The molecule has 0 saturated carbocycles. The summed E-state index contributed by atoms with van der Waals surface area (Å²) in [4.78, 5) is 0. The van der Waals surface area contributed by atoms with Crippen molar-refractivity contribution >= 4 is 0 Å². The van der Waals surface area contributed by atoms with E-state index in [1.165, 1.54) is 0 Å². The normalized spacial score (nSPS) is 53.1. The Morgan fingerprint density at radius 1 is 0.536 bits per heavy atom. The maximum absolute atomic E-state index is 10.3. The molecule has 12 unspecified atom stereocenters. The van der Waals surface area contributed by atoms with Crippen LogP contribution in [0.2, 0.25) is 0 Å². The van der Waals surface area contributed by atoms with Crippen molar-refractivity contribution in [2.45, 2.75) is 73.8 Å². The molecule has 12 atom stereocenters. The lowest BCUT2D eigenvalue weighted by atomic mass is 10.0. The second kappa shape index (κ2) is 9.09. The van der Waals surface area contributed by atoms with Crippen LogP contribution in [0.15, 0.2) is 0 Å². The second-order valence-corrected chi connectivity index (χ2v) is 6.99. The van der Waals surface area contributed by atoms with Gasteiger partial charge in [0.2, 0.25) is 0 Å². The zero-order valence-electron chi connectivity index (χ0n) is 14.7. The van der Waals surface area contributed by atoms with E-state index in [0.29, 0.717) is 0 Å². The number of hydrogen-bond donors (Lipinski definition) is 8. The van der Waals surface area contributed by atoms with E-state index in [-0.39, 0.29) is 19.8 Å². The minimum Gasteiger partial charge on any atom is -0.388 e. The van der Waals surface area contributed by atoms with Gasteiger partial charge < -0.3 is 64.5 Å². The third-order valence-electron chi connectivity index (χ3n) is 4.94. The number of ether oxygens (including phenoxy) is 5. The van der Waals surface area contributed by atoms with Gasteiger partial charge in [0.1, 0.15) is 54.9 Å². The molecule has 13 nitrogen and oxygen atoms in total. The second-order valence-electron chi connectivity index (χ2n) is 6.99. The zero-order valence-corrected chi connectivity index (χ0v) is 14.7. The number of rotatable bonds is 4. The highest BCUT2D eigenvalue weighted by molar-refractivity contribution is 4.90. The van der Waals surface area contributed by atoms with Crippen LogP contribution in [0.3, 0.4) is 0 Å². The monoisotopic (exact) mass is 414 g/mol. The van der Waals surface area contributed by atoms with E-state index in [1.807, 2.05) is 0 Å². The third kappa shape index (κ3) is 4.46. The van der Waals surface area contributed by atoms with Crippen LogP contribution in [0.4, 0.5) is 0 Å². The Kier molecular flexibility index (Phi) is 7.20. The van der Waals surface area contributed by atoms with Crippen molar-refractivity contribution < 1.29 is 64.5 Å². The van der Waals surface area contributed by atoms with Gasteiger partial charge in [-0.3, -0.25) is 0 Å². The molecule has 3 heterocycles. The van der Waals surface area contributed by atoms with Gasteiger partial charge in [-0.15, -0.1) is 0 Å². The highest BCUT2D eigenvalue weighted by Crippen LogP contribution is 2.27. The van der Waals surface area contributed by atoms with E-state index < -0.39 is 73.8 Å². The summed E-state index contributed by atoms with van der Waals surface area (Å²) in [6.45, 7) is -0.948. The first-order valence-corrected chi connectivity index (χ1v) is 8.81. The van der Waals surface area contributed by atoms with Crippen LogP contribution in [0.5, 0.6) is 0 Å². The summed E-state index contributed by atoms with van der Waals surface area (Å²) in [5, 5.41) is 78.7. The molecule has 0 aromatic rings. The quantitative estimate of drug-likeness (QED) is 0.216. The van der Waals surface area contributed by atoms with E-state index in [2.05, 4.69) is 0 Å². The molecular formula is C15H26O13. The van der Waals surface area contributed by atoms with Crippen molar-refractivity contribution in [1.29, 1.82) is 0 Å². The fourth-order valence-corrected chi connectivity index (χ4v) is 3.16. The molecule has 0 aromatic heterocycles. The van der Waals surface area contributed by atoms with Crippen LogP contribution in [0.1, 0.15) is 0 Å². The number of hydrogen-bond acceptors (Lipinski definition) is 13. The molecule has 164 valence electrons. The predicted molar refractivity (Wildman–Crippen MR) is 83.2 cm³/mol. The molecular weight excluding hydrogens is 388 g/mol. The Labute approximate surface area is 159 Å². The van der Waals surface area contributed by atoms with Crippen molar-refractivity contribution in [1.82, 2.24) is 0 Å². The topological polar surface area (TPSA) is 208 Å². The van der Waals surface area contributed by atoms with Gasteiger partial charge in [-0.2, -0.15) is 0 Å². The van der Waals surface area contributed by atoms with Crippen molar-refractivity contribution in [3.8, 4) is 0 Å². The third-order valence-corrected chi connectivity index (χ3v) is 4.94. The van der Waals surface area contributed by atoms with Gasteiger partial charge in [0, 0.05) is 0 Å². The predicted octanol–water partition coefficient (Wildman–Crippen LogP) is -5.66. The summed E-state index contributed by atoms with van der Waals surface area (Å²) < 4.78 is 25.8. The van der Waals surface area contributed by atoms with Gasteiger partial charge in [0.15, 0.2) is 18.9 Å². The largest absolute Gasteiger partial charge is 0.388 e. The standard InChI is InChI=1S/C15H26O13/c16-4-2-25-14(10(21)7(4)18)27-6-3-26-15(11(22)9(6)20)28-12-8(19)5(17)1-24-13(12)23/h4-23H,1-3H2. The smallest absolute Gasteiger partial charge is 0.186 e. The SMILES string of the molecule is OC1COC(OC2COC(OC3C(O)OCC(O)C3O)C(O)C2O)C(O)C1O. The first-order valence-electron chi connectivity index (χ1n) is 8.81. The summed E-state index contributed by atoms with van der Waals surface area (Å²) in [5.41, 5.74) is 0.